The number of hydrogen-bond donors (Lipinski definition) is 2. The zero-order valence-corrected chi connectivity index (χ0v) is 24.0. The first-order valence-electron chi connectivity index (χ1n) is 15.1. The van der Waals surface area contributed by atoms with Gasteiger partial charge in [-0.15, -0.1) is 0 Å². The molecule has 1 aliphatic carbocycles. The second-order valence-electron chi connectivity index (χ2n) is 12.0. The van der Waals surface area contributed by atoms with Crippen LogP contribution in [0.5, 0.6) is 11.5 Å². The molecule has 1 aromatic carbocycles. The summed E-state index contributed by atoms with van der Waals surface area (Å²) in [6, 6.07) is 11.3. The lowest BCUT2D eigenvalue weighted by molar-refractivity contribution is -0.163. The van der Waals surface area contributed by atoms with Crippen LogP contribution in [0.25, 0.3) is 0 Å². The number of amides is 2. The number of hydrogen-bond acceptors (Lipinski definition) is 6. The van der Waals surface area contributed by atoms with E-state index in [2.05, 4.69) is 34.3 Å². The van der Waals surface area contributed by atoms with Gasteiger partial charge in [-0.05, 0) is 68.9 Å². The predicted octanol–water partition coefficient (Wildman–Crippen LogP) is 4.73. The van der Waals surface area contributed by atoms with Crippen LogP contribution >= 0.6 is 0 Å². The van der Waals surface area contributed by atoms with Gasteiger partial charge < -0.3 is 20.1 Å². The normalized spacial score (nSPS) is 22.8. The minimum atomic E-state index is -0.853. The van der Waals surface area contributed by atoms with E-state index < -0.39 is 17.2 Å². The molecule has 2 N–H and O–H groups in total. The maximum atomic E-state index is 13.8. The smallest absolute Gasteiger partial charge is 0.246 e. The highest BCUT2D eigenvalue weighted by atomic mass is 16.5. The van der Waals surface area contributed by atoms with Gasteiger partial charge in [0.05, 0.1) is 11.8 Å². The Morgan fingerprint density at radius 1 is 1.00 bits per heavy atom. The maximum Gasteiger partial charge on any atom is 0.246 e. The molecular formula is C32H44N4O4. The van der Waals surface area contributed by atoms with Crippen LogP contribution in [0, 0.1) is 6.92 Å². The molecular weight excluding hydrogens is 504 g/mol. The molecule has 8 heteroatoms. The number of pyridine rings is 1. The van der Waals surface area contributed by atoms with Gasteiger partial charge in [-0.25, -0.2) is 0 Å². The standard InChI is InChI=1S/C32H44N4O4/c1-3-4-18-36-29(37)28(21-31(39)14-6-5-7-15-31)34-30(38)32(36)16-19-35(20-17-32)23-25-9-12-26(13-10-25)40-27-11-8-24(2)33-22-27/h8-13,22,28,39H,3-7,14-21,23H2,1-2H3,(H,34,38)/t28-/m1/s1. The van der Waals surface area contributed by atoms with Crippen molar-refractivity contribution in [1.82, 2.24) is 20.1 Å². The zero-order chi connectivity index (χ0) is 28.2. The average Bonchev–Trinajstić information content (AvgIpc) is 2.95. The number of aliphatic hydroxyl groups is 1. The summed E-state index contributed by atoms with van der Waals surface area (Å²) in [7, 11) is 0. The highest BCUT2D eigenvalue weighted by Crippen LogP contribution is 2.37. The van der Waals surface area contributed by atoms with Crippen LogP contribution in [0.3, 0.4) is 0 Å². The molecule has 3 aliphatic rings. The van der Waals surface area contributed by atoms with Crippen molar-refractivity contribution >= 4 is 11.8 Å². The summed E-state index contributed by atoms with van der Waals surface area (Å²) >= 11 is 0. The fourth-order valence-electron chi connectivity index (χ4n) is 6.60. The summed E-state index contributed by atoms with van der Waals surface area (Å²) in [5.74, 6) is 1.42. The van der Waals surface area contributed by atoms with E-state index in [-0.39, 0.29) is 11.8 Å². The summed E-state index contributed by atoms with van der Waals surface area (Å²) in [6.45, 7) is 6.91. The van der Waals surface area contributed by atoms with Crippen LogP contribution in [0.1, 0.15) is 82.4 Å². The van der Waals surface area contributed by atoms with Crippen molar-refractivity contribution in [2.45, 2.75) is 102 Å². The van der Waals surface area contributed by atoms with Crippen molar-refractivity contribution in [3.05, 3.63) is 53.9 Å². The Morgan fingerprint density at radius 3 is 2.35 bits per heavy atom. The van der Waals surface area contributed by atoms with E-state index in [4.69, 9.17) is 4.74 Å². The summed E-state index contributed by atoms with van der Waals surface area (Å²) < 4.78 is 5.91. The van der Waals surface area contributed by atoms with E-state index in [0.29, 0.717) is 44.4 Å². The lowest BCUT2D eigenvalue weighted by Gasteiger charge is -2.52. The molecule has 1 spiro atoms. The van der Waals surface area contributed by atoms with Crippen LogP contribution in [-0.4, -0.2) is 68.5 Å². The monoisotopic (exact) mass is 548 g/mol. The molecule has 2 amide bonds. The van der Waals surface area contributed by atoms with Crippen molar-refractivity contribution in [2.24, 2.45) is 0 Å². The molecule has 1 saturated carbocycles. The number of carbonyl (C=O) groups excluding carboxylic acids is 2. The van der Waals surface area contributed by atoms with Crippen LogP contribution in [0.15, 0.2) is 42.6 Å². The van der Waals surface area contributed by atoms with Crippen LogP contribution < -0.4 is 10.1 Å². The molecule has 2 saturated heterocycles. The lowest BCUT2D eigenvalue weighted by Crippen LogP contribution is -2.73. The number of piperidine rings is 1. The fraction of sp³-hybridized carbons (Fsp3) is 0.594. The number of rotatable bonds is 9. The number of likely N-dealkylation sites (tertiary alicyclic amines) is 1. The summed E-state index contributed by atoms with van der Waals surface area (Å²) in [5.41, 5.74) is 0.479. The summed E-state index contributed by atoms with van der Waals surface area (Å²) in [6.07, 6.45) is 9.60. The zero-order valence-electron chi connectivity index (χ0n) is 24.0. The average molecular weight is 549 g/mol. The van der Waals surface area contributed by atoms with Crippen molar-refractivity contribution in [3.63, 3.8) is 0 Å². The Kier molecular flexibility index (Phi) is 8.76. The summed E-state index contributed by atoms with van der Waals surface area (Å²) in [5, 5.41) is 14.2. The van der Waals surface area contributed by atoms with Gasteiger partial charge in [-0.2, -0.15) is 0 Å². The van der Waals surface area contributed by atoms with Crippen LogP contribution in [0.2, 0.25) is 0 Å². The number of unbranched alkanes of at least 4 members (excludes halogenated alkanes) is 1. The number of ether oxygens (including phenoxy) is 1. The molecule has 5 rings (SSSR count). The van der Waals surface area contributed by atoms with E-state index in [1.54, 1.807) is 6.20 Å². The molecule has 3 heterocycles. The first-order chi connectivity index (χ1) is 19.3. The number of aryl methyl sites for hydroxylation is 1. The van der Waals surface area contributed by atoms with Crippen molar-refractivity contribution in [3.8, 4) is 11.5 Å². The molecule has 216 valence electrons. The third kappa shape index (κ3) is 6.33. The van der Waals surface area contributed by atoms with E-state index >= 15 is 0 Å². The first-order valence-corrected chi connectivity index (χ1v) is 15.1. The number of piperazine rings is 1. The van der Waals surface area contributed by atoms with Crippen molar-refractivity contribution in [1.29, 1.82) is 0 Å². The molecule has 0 bridgehead atoms. The quantitative estimate of drug-likeness (QED) is 0.471. The van der Waals surface area contributed by atoms with Gasteiger partial charge in [0.25, 0.3) is 0 Å². The minimum Gasteiger partial charge on any atom is -0.456 e. The second-order valence-corrected chi connectivity index (χ2v) is 12.0. The third-order valence-corrected chi connectivity index (χ3v) is 9.05. The van der Waals surface area contributed by atoms with Gasteiger partial charge in [0, 0.05) is 38.3 Å². The largest absolute Gasteiger partial charge is 0.456 e. The number of nitrogens with one attached hydrogen (secondary N) is 1. The molecule has 40 heavy (non-hydrogen) atoms. The molecule has 3 fully saturated rings. The molecule has 8 nitrogen and oxygen atoms in total. The van der Waals surface area contributed by atoms with Gasteiger partial charge in [0.1, 0.15) is 23.1 Å². The van der Waals surface area contributed by atoms with E-state index in [1.807, 2.05) is 36.1 Å². The molecule has 2 aliphatic heterocycles. The Hall–Kier alpha value is -2.97. The van der Waals surface area contributed by atoms with Crippen LogP contribution in [0.4, 0.5) is 0 Å². The van der Waals surface area contributed by atoms with Gasteiger partial charge in [-0.1, -0.05) is 44.7 Å². The Balaban J connectivity index is 1.21. The fourth-order valence-corrected chi connectivity index (χ4v) is 6.60. The highest BCUT2D eigenvalue weighted by molar-refractivity contribution is 6.00. The first kappa shape index (κ1) is 28.6. The van der Waals surface area contributed by atoms with Crippen molar-refractivity contribution in [2.75, 3.05) is 19.6 Å². The molecule has 1 aromatic heterocycles. The Morgan fingerprint density at radius 2 is 1.70 bits per heavy atom. The van der Waals surface area contributed by atoms with Gasteiger partial charge in [0.15, 0.2) is 0 Å². The molecule has 0 unspecified atom stereocenters. The third-order valence-electron chi connectivity index (χ3n) is 9.05. The second kappa shape index (κ2) is 12.3. The lowest BCUT2D eigenvalue weighted by atomic mass is 9.77. The molecule has 1 atom stereocenters. The Labute approximate surface area is 238 Å². The maximum absolute atomic E-state index is 13.8. The summed E-state index contributed by atoms with van der Waals surface area (Å²) in [4.78, 5) is 36.0. The number of nitrogens with zero attached hydrogens (tertiary/aromatic N) is 3. The topological polar surface area (TPSA) is 95.0 Å². The van der Waals surface area contributed by atoms with E-state index in [9.17, 15) is 14.7 Å². The van der Waals surface area contributed by atoms with Gasteiger partial charge in [0.2, 0.25) is 11.8 Å². The van der Waals surface area contributed by atoms with Gasteiger partial charge in [-0.3, -0.25) is 19.5 Å². The van der Waals surface area contributed by atoms with Gasteiger partial charge >= 0.3 is 0 Å². The highest BCUT2D eigenvalue weighted by Gasteiger charge is 2.54. The number of benzene rings is 1. The minimum absolute atomic E-state index is 0.0140. The number of aromatic nitrogens is 1. The van der Waals surface area contributed by atoms with Crippen molar-refractivity contribution < 1.29 is 19.4 Å². The SMILES string of the molecule is CCCCN1C(=O)[C@@H](CC2(O)CCCCC2)NC(=O)C12CCN(Cc1ccc(Oc3ccc(C)nc3)cc1)CC2. The number of carbonyl (C=O) groups is 2. The molecule has 0 radical (unpaired) electrons. The van der Waals surface area contributed by atoms with E-state index in [1.165, 1.54) is 5.56 Å². The van der Waals surface area contributed by atoms with Crippen LogP contribution in [-0.2, 0) is 16.1 Å². The molecule has 2 aromatic rings. The Bertz CT molecular complexity index is 1150. The van der Waals surface area contributed by atoms with E-state index in [0.717, 1.165) is 63.2 Å². The predicted molar refractivity (Wildman–Crippen MR) is 154 cm³/mol.